The smallest absolute Gasteiger partial charge is 0.370 e. The van der Waals surface area contributed by atoms with Crippen LogP contribution in [0.1, 0.15) is 56.3 Å². The highest BCUT2D eigenvalue weighted by molar-refractivity contribution is 5.59. The van der Waals surface area contributed by atoms with Gasteiger partial charge >= 0.3 is 6.18 Å². The van der Waals surface area contributed by atoms with Crippen LogP contribution in [0.4, 0.5) is 30.6 Å². The summed E-state index contributed by atoms with van der Waals surface area (Å²) in [7, 11) is 0. The molecule has 2 aromatic heterocycles. The molecule has 4 rings (SSSR count). The Morgan fingerprint density at radius 2 is 2.14 bits per heavy atom. The molecule has 0 bridgehead atoms. The van der Waals surface area contributed by atoms with Crippen LogP contribution in [0.5, 0.6) is 0 Å². The van der Waals surface area contributed by atoms with E-state index in [9.17, 15) is 18.4 Å². The average Bonchev–Trinajstić information content (AvgIpc) is 3.54. The zero-order valence-electron chi connectivity index (χ0n) is 15.5. The van der Waals surface area contributed by atoms with E-state index in [1.165, 1.54) is 0 Å². The maximum atomic E-state index is 13.1. The highest BCUT2D eigenvalue weighted by Crippen LogP contribution is 2.56. The third kappa shape index (κ3) is 3.37. The second-order valence-electron chi connectivity index (χ2n) is 7.54. The van der Waals surface area contributed by atoms with Crippen LogP contribution in [0.15, 0.2) is 12.4 Å². The summed E-state index contributed by atoms with van der Waals surface area (Å²) in [5, 5.41) is 19.6. The monoisotopic (exact) mass is 391 g/mol. The predicted molar refractivity (Wildman–Crippen MR) is 96.1 cm³/mol. The molecule has 2 aliphatic rings. The first-order valence-corrected chi connectivity index (χ1v) is 9.20. The number of rotatable bonds is 6. The number of nitrogens with zero attached hydrogens (tertiary/aromatic N) is 5. The lowest BCUT2D eigenvalue weighted by molar-refractivity contribution is -0.137. The third-order valence-corrected chi connectivity index (χ3v) is 5.18. The molecule has 2 atom stereocenters. The molecule has 0 radical (unpaired) electrons. The van der Waals surface area contributed by atoms with Gasteiger partial charge in [0.1, 0.15) is 11.4 Å². The molecule has 2 heterocycles. The Hall–Kier alpha value is -2.83. The van der Waals surface area contributed by atoms with Crippen molar-refractivity contribution in [3.05, 3.63) is 23.7 Å². The van der Waals surface area contributed by atoms with Gasteiger partial charge in [-0.1, -0.05) is 0 Å². The minimum Gasteiger partial charge on any atom is -0.370 e. The molecule has 0 aromatic carbocycles. The lowest BCUT2D eigenvalue weighted by atomic mass is 10.2. The molecule has 7 nitrogen and oxygen atoms in total. The lowest BCUT2D eigenvalue weighted by Gasteiger charge is -2.13. The van der Waals surface area contributed by atoms with E-state index in [0.29, 0.717) is 18.2 Å². The molecule has 1 unspecified atom stereocenters. The summed E-state index contributed by atoms with van der Waals surface area (Å²) < 4.78 is 41.2. The quantitative estimate of drug-likeness (QED) is 0.766. The molecular weight excluding hydrogens is 371 g/mol. The summed E-state index contributed by atoms with van der Waals surface area (Å²) in [6.45, 7) is 3.90. The van der Waals surface area contributed by atoms with Crippen LogP contribution in [-0.2, 0) is 6.18 Å². The Bertz CT molecular complexity index is 942. The van der Waals surface area contributed by atoms with Gasteiger partial charge < -0.3 is 10.6 Å². The number of halogens is 3. The topological polar surface area (TPSA) is 91.5 Å². The minimum atomic E-state index is -4.53. The average molecular weight is 391 g/mol. The van der Waals surface area contributed by atoms with Crippen molar-refractivity contribution in [3.8, 4) is 6.07 Å². The molecule has 0 amide bonds. The molecule has 0 aliphatic heterocycles. The van der Waals surface area contributed by atoms with Crippen LogP contribution in [-0.4, -0.2) is 26.3 Å². The molecule has 28 heavy (non-hydrogen) atoms. The molecule has 0 saturated heterocycles. The van der Waals surface area contributed by atoms with Gasteiger partial charge in [0.05, 0.1) is 28.9 Å². The first kappa shape index (κ1) is 18.5. The SMILES string of the molecule is CCNc1nc(Nc2cn([C@@H]3CC3(C)C#N)nc2C2CC2)ncc1C(F)(F)F. The maximum absolute atomic E-state index is 13.1. The summed E-state index contributed by atoms with van der Waals surface area (Å²) in [6.07, 6.45) is 0.811. The highest BCUT2D eigenvalue weighted by atomic mass is 19.4. The zero-order chi connectivity index (χ0) is 20.1. The van der Waals surface area contributed by atoms with Gasteiger partial charge in [-0.3, -0.25) is 4.68 Å². The Kier molecular flexibility index (Phi) is 4.21. The fraction of sp³-hybridized carbons (Fsp3) is 0.556. The number of hydrogen-bond acceptors (Lipinski definition) is 6. The second kappa shape index (κ2) is 6.36. The van der Waals surface area contributed by atoms with Crippen molar-refractivity contribution in [3.63, 3.8) is 0 Å². The molecule has 2 aliphatic carbocycles. The molecule has 2 saturated carbocycles. The van der Waals surface area contributed by atoms with Gasteiger partial charge in [0, 0.05) is 24.9 Å². The molecule has 0 spiro atoms. The van der Waals surface area contributed by atoms with Crippen molar-refractivity contribution in [2.24, 2.45) is 5.41 Å². The second-order valence-corrected chi connectivity index (χ2v) is 7.54. The maximum Gasteiger partial charge on any atom is 0.421 e. The summed E-state index contributed by atoms with van der Waals surface area (Å²) in [5.41, 5.74) is 0.200. The number of nitrogens with one attached hydrogen (secondary N) is 2. The summed E-state index contributed by atoms with van der Waals surface area (Å²) in [6, 6.07) is 2.32. The third-order valence-electron chi connectivity index (χ3n) is 5.18. The molecule has 2 N–H and O–H groups in total. The highest BCUT2D eigenvalue weighted by Gasteiger charge is 2.53. The number of anilines is 3. The summed E-state index contributed by atoms with van der Waals surface area (Å²) in [5.74, 6) is 0.134. The van der Waals surface area contributed by atoms with Gasteiger partial charge in [0.25, 0.3) is 0 Å². The van der Waals surface area contributed by atoms with Crippen molar-refractivity contribution in [2.75, 3.05) is 17.2 Å². The number of nitriles is 1. The Morgan fingerprint density at radius 1 is 1.39 bits per heavy atom. The van der Waals surface area contributed by atoms with E-state index in [1.807, 2.05) is 6.92 Å². The van der Waals surface area contributed by atoms with Crippen LogP contribution in [0.2, 0.25) is 0 Å². The van der Waals surface area contributed by atoms with Crippen molar-refractivity contribution in [1.82, 2.24) is 19.7 Å². The molecule has 2 fully saturated rings. The van der Waals surface area contributed by atoms with Gasteiger partial charge in [-0.25, -0.2) is 4.98 Å². The fourth-order valence-electron chi connectivity index (χ4n) is 3.24. The largest absolute Gasteiger partial charge is 0.421 e. The van der Waals surface area contributed by atoms with Crippen LogP contribution < -0.4 is 10.6 Å². The van der Waals surface area contributed by atoms with Crippen molar-refractivity contribution >= 4 is 17.5 Å². The van der Waals surface area contributed by atoms with E-state index < -0.39 is 17.2 Å². The Morgan fingerprint density at radius 3 is 2.71 bits per heavy atom. The fourth-order valence-corrected chi connectivity index (χ4v) is 3.24. The minimum absolute atomic E-state index is 0.0105. The molecule has 148 valence electrons. The van der Waals surface area contributed by atoms with Gasteiger partial charge in [-0.15, -0.1) is 0 Å². The van der Waals surface area contributed by atoms with E-state index in [2.05, 4.69) is 31.8 Å². The Labute approximate surface area is 160 Å². The van der Waals surface area contributed by atoms with Crippen molar-refractivity contribution in [2.45, 2.75) is 51.2 Å². The van der Waals surface area contributed by atoms with Gasteiger partial charge in [0.2, 0.25) is 5.95 Å². The number of alkyl halides is 3. The van der Waals surface area contributed by atoms with Crippen molar-refractivity contribution < 1.29 is 13.2 Å². The summed E-state index contributed by atoms with van der Waals surface area (Å²) in [4.78, 5) is 7.86. The normalized spacial score (nSPS) is 23.9. The standard InChI is InChI=1S/C18H20F3N7/c1-3-23-15-11(18(19,20)21)7-24-16(26-15)25-12-8-28(13-6-17(13,2)9-22)27-14(12)10-4-5-10/h7-8,10,13H,3-6H2,1-2H3,(H2,23,24,25,26)/t13-,17?/m1/s1. The predicted octanol–water partition coefficient (Wildman–Crippen LogP) is 4.22. The van der Waals surface area contributed by atoms with Crippen LogP contribution in [0.25, 0.3) is 0 Å². The van der Waals surface area contributed by atoms with Crippen LogP contribution >= 0.6 is 0 Å². The van der Waals surface area contributed by atoms with Crippen molar-refractivity contribution in [1.29, 1.82) is 5.26 Å². The molecule has 10 heteroatoms. The van der Waals surface area contributed by atoms with Gasteiger partial charge in [-0.2, -0.15) is 28.5 Å². The van der Waals surface area contributed by atoms with E-state index in [-0.39, 0.29) is 17.8 Å². The van der Waals surface area contributed by atoms with E-state index in [4.69, 9.17) is 0 Å². The first-order chi connectivity index (χ1) is 13.2. The molecular formula is C18H20F3N7. The Balaban J connectivity index is 1.63. The lowest BCUT2D eigenvalue weighted by Crippen LogP contribution is -2.14. The van der Waals surface area contributed by atoms with E-state index >= 15 is 0 Å². The summed E-state index contributed by atoms with van der Waals surface area (Å²) >= 11 is 0. The number of hydrogen-bond donors (Lipinski definition) is 2. The van der Waals surface area contributed by atoms with Crippen LogP contribution in [0.3, 0.4) is 0 Å². The zero-order valence-corrected chi connectivity index (χ0v) is 15.5. The van der Waals surface area contributed by atoms with Crippen LogP contribution in [0, 0.1) is 16.7 Å². The van der Waals surface area contributed by atoms with Gasteiger partial charge in [0.15, 0.2) is 0 Å². The van der Waals surface area contributed by atoms with E-state index in [0.717, 1.165) is 31.2 Å². The van der Waals surface area contributed by atoms with Gasteiger partial charge in [-0.05, 0) is 33.1 Å². The van der Waals surface area contributed by atoms with E-state index in [1.54, 1.807) is 17.8 Å². The number of aromatic nitrogens is 4. The first-order valence-electron chi connectivity index (χ1n) is 9.20. The molecule has 2 aromatic rings.